The predicted molar refractivity (Wildman–Crippen MR) is 40.1 cm³/mol. The molecule has 0 aromatic rings. The van der Waals surface area contributed by atoms with E-state index in [0.717, 1.165) is 18.4 Å². The van der Waals surface area contributed by atoms with Crippen LogP contribution in [0.15, 0.2) is 12.7 Å². The van der Waals surface area contributed by atoms with E-state index < -0.39 is 0 Å². The highest BCUT2D eigenvalue weighted by atomic mass is 14.6. The maximum Gasteiger partial charge on any atom is -0.00461 e. The highest BCUT2D eigenvalue weighted by Gasteiger charge is 2.27. The van der Waals surface area contributed by atoms with E-state index in [0.29, 0.717) is 0 Å². The van der Waals surface area contributed by atoms with E-state index in [-0.39, 0.29) is 0 Å². The number of hydrogen-bond donors (Lipinski definition) is 1. The summed E-state index contributed by atoms with van der Waals surface area (Å²) in [5.41, 5.74) is 5.52. The first kappa shape index (κ1) is 6.81. The summed E-state index contributed by atoms with van der Waals surface area (Å²) in [6.07, 6.45) is 5.89. The smallest absolute Gasteiger partial charge is 0.00461 e. The Morgan fingerprint density at radius 1 is 1.44 bits per heavy atom. The maximum atomic E-state index is 5.52. The fourth-order valence-electron chi connectivity index (χ4n) is 1.47. The third-order valence-electron chi connectivity index (χ3n) is 2.35. The molecule has 1 aliphatic carbocycles. The molecule has 1 aliphatic rings. The first-order valence-corrected chi connectivity index (χ1v) is 3.69. The zero-order chi connectivity index (χ0) is 6.69. The second-order valence-electron chi connectivity index (χ2n) is 2.86. The Hall–Kier alpha value is -0.300. The highest BCUT2D eigenvalue weighted by molar-refractivity contribution is 4.86. The van der Waals surface area contributed by atoms with E-state index in [1.54, 1.807) is 0 Å². The van der Waals surface area contributed by atoms with Crippen molar-refractivity contribution < 1.29 is 0 Å². The normalized spacial score (nSPS) is 33.4. The van der Waals surface area contributed by atoms with Crippen LogP contribution in [0.25, 0.3) is 0 Å². The quantitative estimate of drug-likeness (QED) is 0.569. The largest absolute Gasteiger partial charge is 0.330 e. The molecule has 1 rings (SSSR count). The van der Waals surface area contributed by atoms with Crippen LogP contribution in [0.1, 0.15) is 19.3 Å². The molecule has 0 bridgehead atoms. The van der Waals surface area contributed by atoms with Crippen LogP contribution < -0.4 is 5.73 Å². The molecule has 0 saturated heterocycles. The van der Waals surface area contributed by atoms with Crippen molar-refractivity contribution in [2.45, 2.75) is 19.3 Å². The van der Waals surface area contributed by atoms with Gasteiger partial charge in [0, 0.05) is 0 Å². The number of rotatable bonds is 3. The van der Waals surface area contributed by atoms with E-state index in [1.807, 2.05) is 6.08 Å². The number of allylic oxidation sites excluding steroid dienone is 1. The van der Waals surface area contributed by atoms with E-state index in [2.05, 4.69) is 6.58 Å². The molecule has 1 nitrogen and oxygen atoms in total. The van der Waals surface area contributed by atoms with E-state index in [4.69, 9.17) is 5.73 Å². The molecule has 1 fully saturated rings. The monoisotopic (exact) mass is 125 g/mol. The lowest BCUT2D eigenvalue weighted by atomic mass is 9.72. The van der Waals surface area contributed by atoms with E-state index in [1.165, 1.54) is 19.3 Å². The van der Waals surface area contributed by atoms with Gasteiger partial charge in [-0.1, -0.05) is 6.08 Å². The van der Waals surface area contributed by atoms with Gasteiger partial charge in [-0.3, -0.25) is 0 Å². The van der Waals surface area contributed by atoms with E-state index in [9.17, 15) is 0 Å². The molecule has 2 N–H and O–H groups in total. The zero-order valence-corrected chi connectivity index (χ0v) is 5.84. The molecular formula is C8H15N. The summed E-state index contributed by atoms with van der Waals surface area (Å²) in [4.78, 5) is 0. The Balaban J connectivity index is 2.18. The molecule has 52 valence electrons. The fourth-order valence-corrected chi connectivity index (χ4v) is 1.47. The van der Waals surface area contributed by atoms with Gasteiger partial charge in [0.1, 0.15) is 0 Å². The fraction of sp³-hybridized carbons (Fsp3) is 0.750. The predicted octanol–water partition coefficient (Wildman–Crippen LogP) is 1.55. The third-order valence-corrected chi connectivity index (χ3v) is 2.35. The third kappa shape index (κ3) is 1.33. The number of nitrogens with two attached hydrogens (primary N) is 1. The van der Waals surface area contributed by atoms with Crippen molar-refractivity contribution in [2.24, 2.45) is 17.6 Å². The van der Waals surface area contributed by atoms with Gasteiger partial charge in [0.15, 0.2) is 0 Å². The molecule has 0 amide bonds. The van der Waals surface area contributed by atoms with Crippen LogP contribution in [0.2, 0.25) is 0 Å². The lowest BCUT2D eigenvalue weighted by Crippen LogP contribution is -2.31. The van der Waals surface area contributed by atoms with Crippen LogP contribution in [0, 0.1) is 11.8 Å². The Kier molecular flexibility index (Phi) is 2.29. The molecule has 1 saturated carbocycles. The molecule has 9 heavy (non-hydrogen) atoms. The van der Waals surface area contributed by atoms with Crippen LogP contribution in [-0.2, 0) is 0 Å². The Morgan fingerprint density at radius 3 is 2.44 bits per heavy atom. The summed E-state index contributed by atoms with van der Waals surface area (Å²) in [6, 6.07) is 0. The Labute approximate surface area is 56.9 Å². The van der Waals surface area contributed by atoms with Crippen molar-refractivity contribution >= 4 is 0 Å². The van der Waals surface area contributed by atoms with Gasteiger partial charge in [0.25, 0.3) is 0 Å². The second kappa shape index (κ2) is 3.02. The molecule has 1 heteroatoms. The lowest BCUT2D eigenvalue weighted by molar-refractivity contribution is 0.186. The van der Waals surface area contributed by atoms with Crippen molar-refractivity contribution in [2.75, 3.05) is 6.54 Å². The SMILES string of the molecule is C=CCC1CCC1CN. The standard InChI is InChI=1S/C8H15N/c1-2-3-7-4-5-8(7)6-9/h2,7-8H,1,3-6,9H2. The van der Waals surface area contributed by atoms with Crippen molar-refractivity contribution in [3.05, 3.63) is 12.7 Å². The minimum atomic E-state index is 0.808. The Bertz CT molecular complexity index is 96.7. The molecule has 2 unspecified atom stereocenters. The van der Waals surface area contributed by atoms with Crippen molar-refractivity contribution in [3.8, 4) is 0 Å². The summed E-state index contributed by atoms with van der Waals surface area (Å²) in [5, 5.41) is 0. The first-order chi connectivity index (χ1) is 4.38. The number of hydrogen-bond acceptors (Lipinski definition) is 1. The summed E-state index contributed by atoms with van der Waals surface area (Å²) in [6.45, 7) is 4.58. The molecule has 0 aromatic heterocycles. The van der Waals surface area contributed by atoms with Gasteiger partial charge in [0.2, 0.25) is 0 Å². The molecule has 0 spiro atoms. The lowest BCUT2D eigenvalue weighted by Gasteiger charge is -2.34. The maximum absolute atomic E-state index is 5.52. The van der Waals surface area contributed by atoms with Crippen molar-refractivity contribution in [1.82, 2.24) is 0 Å². The van der Waals surface area contributed by atoms with Gasteiger partial charge >= 0.3 is 0 Å². The molecule has 0 aliphatic heterocycles. The Morgan fingerprint density at radius 2 is 2.11 bits per heavy atom. The average molecular weight is 125 g/mol. The zero-order valence-electron chi connectivity index (χ0n) is 5.84. The summed E-state index contributed by atoms with van der Waals surface area (Å²) in [5.74, 6) is 1.68. The topological polar surface area (TPSA) is 26.0 Å². The summed E-state index contributed by atoms with van der Waals surface area (Å²) >= 11 is 0. The van der Waals surface area contributed by atoms with Crippen LogP contribution in [0.5, 0.6) is 0 Å². The molecule has 0 heterocycles. The second-order valence-corrected chi connectivity index (χ2v) is 2.86. The van der Waals surface area contributed by atoms with Gasteiger partial charge in [0.05, 0.1) is 0 Å². The van der Waals surface area contributed by atoms with E-state index >= 15 is 0 Å². The van der Waals surface area contributed by atoms with Gasteiger partial charge in [-0.15, -0.1) is 6.58 Å². The van der Waals surface area contributed by atoms with Gasteiger partial charge in [-0.05, 0) is 37.6 Å². The first-order valence-electron chi connectivity index (χ1n) is 3.69. The molecule has 2 atom stereocenters. The van der Waals surface area contributed by atoms with Crippen LogP contribution in [0.4, 0.5) is 0 Å². The van der Waals surface area contributed by atoms with Gasteiger partial charge < -0.3 is 5.73 Å². The van der Waals surface area contributed by atoms with Gasteiger partial charge in [-0.2, -0.15) is 0 Å². The minimum absolute atomic E-state index is 0.808. The summed E-state index contributed by atoms with van der Waals surface area (Å²) in [7, 11) is 0. The van der Waals surface area contributed by atoms with Crippen LogP contribution >= 0.6 is 0 Å². The molecular weight excluding hydrogens is 110 g/mol. The van der Waals surface area contributed by atoms with Crippen LogP contribution in [0.3, 0.4) is 0 Å². The van der Waals surface area contributed by atoms with Gasteiger partial charge in [-0.25, -0.2) is 0 Å². The molecule has 0 radical (unpaired) electrons. The molecule has 0 aromatic carbocycles. The highest BCUT2D eigenvalue weighted by Crippen LogP contribution is 2.35. The minimum Gasteiger partial charge on any atom is -0.330 e. The summed E-state index contributed by atoms with van der Waals surface area (Å²) < 4.78 is 0. The van der Waals surface area contributed by atoms with Crippen molar-refractivity contribution in [1.29, 1.82) is 0 Å². The van der Waals surface area contributed by atoms with Crippen molar-refractivity contribution in [3.63, 3.8) is 0 Å². The average Bonchev–Trinajstić information content (AvgIpc) is 1.82. The van der Waals surface area contributed by atoms with Crippen LogP contribution in [-0.4, -0.2) is 6.54 Å².